The van der Waals surface area contributed by atoms with Crippen molar-refractivity contribution >= 4 is 17.7 Å². The summed E-state index contributed by atoms with van der Waals surface area (Å²) >= 11 is 0. The van der Waals surface area contributed by atoms with E-state index in [0.717, 1.165) is 24.0 Å². The van der Waals surface area contributed by atoms with Gasteiger partial charge in [-0.25, -0.2) is 0 Å². The van der Waals surface area contributed by atoms with E-state index in [-0.39, 0.29) is 35.8 Å². The summed E-state index contributed by atoms with van der Waals surface area (Å²) in [6, 6.07) is 18.1. The zero-order valence-electron chi connectivity index (χ0n) is 16.3. The van der Waals surface area contributed by atoms with Crippen molar-refractivity contribution < 1.29 is 14.4 Å². The van der Waals surface area contributed by atoms with E-state index in [4.69, 9.17) is 0 Å². The number of rotatable bonds is 3. The standard InChI is InChI=1S/C24H24N2O3/c27-22-12-13-23(28)26(22)21-14-19-10-11-20(15-21)25(19)24(29)18-8-6-17(7-9-18)16-4-2-1-3-5-16/h1-9,19-21H,10-15H2. The Balaban J connectivity index is 1.32. The molecule has 3 aliphatic rings. The van der Waals surface area contributed by atoms with E-state index in [2.05, 4.69) is 12.1 Å². The molecular formula is C24H24N2O3. The van der Waals surface area contributed by atoms with Crippen LogP contribution in [0.5, 0.6) is 0 Å². The van der Waals surface area contributed by atoms with E-state index in [1.165, 1.54) is 4.90 Å². The Morgan fingerprint density at radius 2 is 1.28 bits per heavy atom. The molecule has 0 spiro atoms. The fourth-order valence-corrected chi connectivity index (χ4v) is 5.28. The molecule has 0 saturated carbocycles. The van der Waals surface area contributed by atoms with E-state index in [9.17, 15) is 14.4 Å². The van der Waals surface area contributed by atoms with Gasteiger partial charge in [-0.15, -0.1) is 0 Å². The van der Waals surface area contributed by atoms with Crippen LogP contribution in [-0.4, -0.2) is 45.6 Å². The second kappa shape index (κ2) is 7.14. The minimum Gasteiger partial charge on any atom is -0.333 e. The number of amides is 3. The number of hydrogen-bond acceptors (Lipinski definition) is 3. The van der Waals surface area contributed by atoms with Gasteiger partial charge in [0.1, 0.15) is 0 Å². The maximum Gasteiger partial charge on any atom is 0.254 e. The van der Waals surface area contributed by atoms with Crippen LogP contribution >= 0.6 is 0 Å². The highest BCUT2D eigenvalue weighted by atomic mass is 16.2. The molecule has 2 aromatic rings. The summed E-state index contributed by atoms with van der Waals surface area (Å²) in [5.74, 6) is -0.0269. The molecule has 29 heavy (non-hydrogen) atoms. The van der Waals surface area contributed by atoms with Gasteiger partial charge >= 0.3 is 0 Å². The highest BCUT2D eigenvalue weighted by molar-refractivity contribution is 6.02. The van der Waals surface area contributed by atoms with E-state index >= 15 is 0 Å². The zero-order chi connectivity index (χ0) is 20.0. The van der Waals surface area contributed by atoms with E-state index in [1.54, 1.807) is 0 Å². The van der Waals surface area contributed by atoms with Gasteiger partial charge in [0.05, 0.1) is 0 Å². The third kappa shape index (κ3) is 3.15. The average Bonchev–Trinajstić information content (AvgIpc) is 3.23. The van der Waals surface area contributed by atoms with Crippen molar-refractivity contribution in [1.29, 1.82) is 0 Å². The Bertz CT molecular complexity index is 924. The second-order valence-electron chi connectivity index (χ2n) is 8.32. The predicted molar refractivity (Wildman–Crippen MR) is 109 cm³/mol. The predicted octanol–water partition coefficient (Wildman–Crippen LogP) is 3.64. The van der Waals surface area contributed by atoms with Crippen molar-refractivity contribution in [3.8, 4) is 11.1 Å². The van der Waals surface area contributed by atoms with Crippen LogP contribution in [0.3, 0.4) is 0 Å². The molecule has 3 saturated heterocycles. The number of carbonyl (C=O) groups is 3. The molecule has 0 N–H and O–H groups in total. The van der Waals surface area contributed by atoms with Crippen LogP contribution in [0.15, 0.2) is 54.6 Å². The van der Waals surface area contributed by atoms with Gasteiger partial charge in [0.15, 0.2) is 0 Å². The van der Waals surface area contributed by atoms with Crippen LogP contribution in [0, 0.1) is 0 Å². The molecule has 0 aliphatic carbocycles. The summed E-state index contributed by atoms with van der Waals surface area (Å²) in [6.07, 6.45) is 3.99. The zero-order valence-corrected chi connectivity index (χ0v) is 16.3. The molecule has 3 aliphatic heterocycles. The second-order valence-corrected chi connectivity index (χ2v) is 8.32. The number of nitrogens with zero attached hydrogens (tertiary/aromatic N) is 2. The number of fused-ring (bicyclic) bond motifs is 2. The van der Waals surface area contributed by atoms with Crippen molar-refractivity contribution in [1.82, 2.24) is 9.80 Å². The molecule has 2 atom stereocenters. The maximum atomic E-state index is 13.2. The third-order valence-corrected chi connectivity index (χ3v) is 6.64. The van der Waals surface area contributed by atoms with Gasteiger partial charge in [0.2, 0.25) is 11.8 Å². The third-order valence-electron chi connectivity index (χ3n) is 6.64. The van der Waals surface area contributed by atoms with Gasteiger partial charge in [-0.3, -0.25) is 19.3 Å². The molecule has 3 heterocycles. The molecule has 5 rings (SSSR count). The number of carbonyl (C=O) groups excluding carboxylic acids is 3. The Morgan fingerprint density at radius 1 is 0.724 bits per heavy atom. The molecule has 5 nitrogen and oxygen atoms in total. The molecule has 2 aromatic carbocycles. The number of piperidine rings is 1. The highest BCUT2D eigenvalue weighted by Gasteiger charge is 2.47. The van der Waals surface area contributed by atoms with Gasteiger partial charge in [-0.2, -0.15) is 0 Å². The number of benzene rings is 2. The minimum atomic E-state index is -0.0457. The van der Waals surface area contributed by atoms with Crippen LogP contribution in [0.1, 0.15) is 48.9 Å². The molecular weight excluding hydrogens is 364 g/mol. The van der Waals surface area contributed by atoms with Gasteiger partial charge in [-0.1, -0.05) is 42.5 Å². The summed E-state index contributed by atoms with van der Waals surface area (Å²) in [7, 11) is 0. The van der Waals surface area contributed by atoms with Gasteiger partial charge in [0, 0.05) is 36.5 Å². The van der Waals surface area contributed by atoms with Crippen molar-refractivity contribution in [2.45, 2.75) is 56.7 Å². The van der Waals surface area contributed by atoms with Crippen molar-refractivity contribution in [2.75, 3.05) is 0 Å². The molecule has 3 amide bonds. The van der Waals surface area contributed by atoms with Gasteiger partial charge in [0.25, 0.3) is 5.91 Å². The van der Waals surface area contributed by atoms with Gasteiger partial charge in [-0.05, 0) is 48.9 Å². The normalized spacial score (nSPS) is 26.3. The molecule has 2 unspecified atom stereocenters. The Hall–Kier alpha value is -2.95. The first-order chi connectivity index (χ1) is 14.1. The smallest absolute Gasteiger partial charge is 0.254 e. The van der Waals surface area contributed by atoms with E-state index in [0.29, 0.717) is 31.2 Å². The quantitative estimate of drug-likeness (QED) is 0.755. The van der Waals surface area contributed by atoms with Gasteiger partial charge < -0.3 is 4.90 Å². The summed E-state index contributed by atoms with van der Waals surface area (Å²) < 4.78 is 0. The number of likely N-dealkylation sites (tertiary alicyclic amines) is 1. The lowest BCUT2D eigenvalue weighted by atomic mass is 9.94. The lowest BCUT2D eigenvalue weighted by Gasteiger charge is -2.41. The number of hydrogen-bond donors (Lipinski definition) is 0. The first-order valence-corrected chi connectivity index (χ1v) is 10.4. The molecule has 3 fully saturated rings. The Labute approximate surface area is 170 Å². The molecule has 0 radical (unpaired) electrons. The molecule has 0 aromatic heterocycles. The van der Waals surface area contributed by atoms with Crippen molar-refractivity contribution in [2.24, 2.45) is 0 Å². The Kier molecular flexibility index (Phi) is 4.46. The van der Waals surface area contributed by atoms with Crippen LogP contribution in [0.25, 0.3) is 11.1 Å². The maximum absolute atomic E-state index is 13.2. The van der Waals surface area contributed by atoms with Crippen molar-refractivity contribution in [3.05, 3.63) is 60.2 Å². The molecule has 2 bridgehead atoms. The van der Waals surface area contributed by atoms with Crippen LogP contribution in [-0.2, 0) is 9.59 Å². The Morgan fingerprint density at radius 3 is 1.86 bits per heavy atom. The average molecular weight is 388 g/mol. The fourth-order valence-electron chi connectivity index (χ4n) is 5.28. The monoisotopic (exact) mass is 388 g/mol. The fraction of sp³-hybridized carbons (Fsp3) is 0.375. The lowest BCUT2D eigenvalue weighted by Crippen LogP contribution is -2.53. The van der Waals surface area contributed by atoms with E-state index in [1.807, 2.05) is 47.4 Å². The summed E-state index contributed by atoms with van der Waals surface area (Å²) in [4.78, 5) is 41.0. The first kappa shape index (κ1) is 18.1. The van der Waals surface area contributed by atoms with Crippen LogP contribution in [0.4, 0.5) is 0 Å². The highest BCUT2D eigenvalue weighted by Crippen LogP contribution is 2.39. The van der Waals surface area contributed by atoms with Crippen molar-refractivity contribution in [3.63, 3.8) is 0 Å². The van der Waals surface area contributed by atoms with Crippen LogP contribution in [0.2, 0.25) is 0 Å². The van der Waals surface area contributed by atoms with E-state index < -0.39 is 0 Å². The molecule has 5 heteroatoms. The van der Waals surface area contributed by atoms with Crippen LogP contribution < -0.4 is 0 Å². The minimum absolute atomic E-state index is 0.0421. The first-order valence-electron chi connectivity index (χ1n) is 10.4. The molecule has 148 valence electrons. The largest absolute Gasteiger partial charge is 0.333 e. The topological polar surface area (TPSA) is 57.7 Å². The summed E-state index contributed by atoms with van der Waals surface area (Å²) in [5, 5.41) is 0. The SMILES string of the molecule is O=C1CCC(=O)N1C1CC2CCC(C1)N2C(=O)c1ccc(-c2ccccc2)cc1. The summed E-state index contributed by atoms with van der Waals surface area (Å²) in [5.41, 5.74) is 2.93. The number of imide groups is 1. The summed E-state index contributed by atoms with van der Waals surface area (Å²) in [6.45, 7) is 0. The lowest BCUT2D eigenvalue weighted by molar-refractivity contribution is -0.142.